The summed E-state index contributed by atoms with van der Waals surface area (Å²) < 4.78 is 10.9. The van der Waals surface area contributed by atoms with E-state index >= 15 is 0 Å². The van der Waals surface area contributed by atoms with Crippen LogP contribution in [0.1, 0.15) is 30.2 Å². The number of rotatable bonds is 7. The number of carbonyl (C=O) groups is 1. The molecule has 0 aliphatic carbocycles. The van der Waals surface area contributed by atoms with Crippen molar-refractivity contribution in [1.82, 2.24) is 9.97 Å². The van der Waals surface area contributed by atoms with Crippen molar-refractivity contribution in [3.8, 4) is 11.5 Å². The lowest BCUT2D eigenvalue weighted by atomic mass is 9.97. The highest BCUT2D eigenvalue weighted by molar-refractivity contribution is 7.18. The van der Waals surface area contributed by atoms with E-state index in [1.807, 2.05) is 12.1 Å². The Morgan fingerprint density at radius 1 is 1.22 bits per heavy atom. The average Bonchev–Trinajstić information content (AvgIpc) is 3.45. The third kappa shape index (κ3) is 4.17. The standard InChI is InChI=1S/C23H26N4O4S/c1-2-16-12-17-20(24-8-5-14-3-4-18-19(11-14)31-13-30-18)25-23(26-21(17)32-16)27-9-6-15(7-10-27)22(28)29/h3-4,11-12,15H,2,5-10,13H2,1H3,(H,28,29)(H,24,25,26). The topological polar surface area (TPSA) is 96.8 Å². The number of hydrogen-bond donors (Lipinski definition) is 2. The number of aliphatic carboxylic acids is 1. The molecule has 32 heavy (non-hydrogen) atoms. The van der Waals surface area contributed by atoms with Crippen LogP contribution in [0.15, 0.2) is 24.3 Å². The lowest BCUT2D eigenvalue weighted by Crippen LogP contribution is -2.37. The molecule has 0 saturated carbocycles. The fourth-order valence-corrected chi connectivity index (χ4v) is 5.12. The van der Waals surface area contributed by atoms with Gasteiger partial charge in [0.1, 0.15) is 10.6 Å². The lowest BCUT2D eigenvalue weighted by molar-refractivity contribution is -0.142. The monoisotopic (exact) mass is 454 g/mol. The van der Waals surface area contributed by atoms with Crippen molar-refractivity contribution in [2.45, 2.75) is 32.6 Å². The number of hydrogen-bond acceptors (Lipinski definition) is 8. The minimum absolute atomic E-state index is 0.275. The Morgan fingerprint density at radius 2 is 2.03 bits per heavy atom. The maximum atomic E-state index is 11.3. The molecule has 2 aromatic heterocycles. The molecular formula is C23H26N4O4S. The predicted octanol–water partition coefficient (Wildman–Crippen LogP) is 3.94. The third-order valence-electron chi connectivity index (χ3n) is 6.05. The Labute approximate surface area is 190 Å². The Kier molecular flexibility index (Phi) is 5.73. The molecule has 1 fully saturated rings. The van der Waals surface area contributed by atoms with Gasteiger partial charge in [-0.1, -0.05) is 13.0 Å². The normalized spacial score (nSPS) is 16.0. The van der Waals surface area contributed by atoms with Gasteiger partial charge in [-0.05, 0) is 49.4 Å². The molecule has 9 heteroatoms. The van der Waals surface area contributed by atoms with Gasteiger partial charge in [0.05, 0.1) is 11.3 Å². The molecule has 0 bridgehead atoms. The second-order valence-electron chi connectivity index (χ2n) is 8.12. The second kappa shape index (κ2) is 8.82. The maximum Gasteiger partial charge on any atom is 0.306 e. The minimum Gasteiger partial charge on any atom is -0.481 e. The fraction of sp³-hybridized carbons (Fsp3) is 0.435. The number of piperidine rings is 1. The number of benzene rings is 1. The molecule has 8 nitrogen and oxygen atoms in total. The number of aromatic nitrogens is 2. The van der Waals surface area contributed by atoms with Gasteiger partial charge in [-0.25, -0.2) is 4.98 Å². The molecule has 0 amide bonds. The van der Waals surface area contributed by atoms with Gasteiger partial charge < -0.3 is 24.8 Å². The Balaban J connectivity index is 1.34. The number of ether oxygens (including phenoxy) is 2. The van der Waals surface area contributed by atoms with E-state index < -0.39 is 5.97 Å². The summed E-state index contributed by atoms with van der Waals surface area (Å²) >= 11 is 1.70. The number of anilines is 2. The van der Waals surface area contributed by atoms with Gasteiger partial charge in [0.15, 0.2) is 11.5 Å². The van der Waals surface area contributed by atoms with Gasteiger partial charge >= 0.3 is 5.97 Å². The molecule has 0 spiro atoms. The molecule has 168 valence electrons. The summed E-state index contributed by atoms with van der Waals surface area (Å²) in [7, 11) is 0. The summed E-state index contributed by atoms with van der Waals surface area (Å²) in [4.78, 5) is 25.3. The smallest absolute Gasteiger partial charge is 0.306 e. The Morgan fingerprint density at radius 3 is 2.81 bits per heavy atom. The minimum atomic E-state index is -0.710. The molecular weight excluding hydrogens is 428 g/mol. The van der Waals surface area contributed by atoms with Crippen molar-refractivity contribution >= 4 is 39.3 Å². The van der Waals surface area contributed by atoms with Crippen molar-refractivity contribution in [3.05, 3.63) is 34.7 Å². The van der Waals surface area contributed by atoms with Crippen molar-refractivity contribution in [2.75, 3.05) is 36.6 Å². The average molecular weight is 455 g/mol. The molecule has 2 aliphatic rings. The van der Waals surface area contributed by atoms with E-state index in [9.17, 15) is 9.90 Å². The molecule has 1 saturated heterocycles. The van der Waals surface area contributed by atoms with E-state index in [1.54, 1.807) is 11.3 Å². The zero-order chi connectivity index (χ0) is 22.1. The van der Waals surface area contributed by atoms with Gasteiger partial charge in [0.2, 0.25) is 12.7 Å². The first-order valence-electron chi connectivity index (χ1n) is 11.0. The molecule has 0 atom stereocenters. The van der Waals surface area contributed by atoms with E-state index in [2.05, 4.69) is 29.3 Å². The molecule has 0 radical (unpaired) electrons. The second-order valence-corrected chi connectivity index (χ2v) is 9.24. The van der Waals surface area contributed by atoms with Crippen molar-refractivity contribution in [3.63, 3.8) is 0 Å². The number of carboxylic acid groups (broad SMARTS) is 1. The maximum absolute atomic E-state index is 11.3. The first kappa shape index (κ1) is 20.8. The summed E-state index contributed by atoms with van der Waals surface area (Å²) in [6, 6.07) is 8.20. The fourth-order valence-electron chi connectivity index (χ4n) is 4.16. The van der Waals surface area contributed by atoms with Gasteiger partial charge in [0, 0.05) is 24.5 Å². The van der Waals surface area contributed by atoms with Crippen LogP contribution in [0.3, 0.4) is 0 Å². The largest absolute Gasteiger partial charge is 0.481 e. The van der Waals surface area contributed by atoms with E-state index in [1.165, 1.54) is 10.4 Å². The summed E-state index contributed by atoms with van der Waals surface area (Å²) in [5, 5.41) is 13.8. The molecule has 0 unspecified atom stereocenters. The number of nitrogens with zero attached hydrogens (tertiary/aromatic N) is 3. The van der Waals surface area contributed by atoms with Crippen LogP contribution in [0.2, 0.25) is 0 Å². The summed E-state index contributed by atoms with van der Waals surface area (Å²) in [5.74, 6) is 2.12. The third-order valence-corrected chi connectivity index (χ3v) is 7.22. The predicted molar refractivity (Wildman–Crippen MR) is 124 cm³/mol. The lowest BCUT2D eigenvalue weighted by Gasteiger charge is -2.30. The Bertz CT molecular complexity index is 1140. The number of aryl methyl sites for hydroxylation is 1. The van der Waals surface area contributed by atoms with Crippen molar-refractivity contribution in [2.24, 2.45) is 5.92 Å². The summed E-state index contributed by atoms with van der Waals surface area (Å²) in [6.45, 7) is 4.46. The molecule has 2 N–H and O–H groups in total. The van der Waals surface area contributed by atoms with E-state index in [0.29, 0.717) is 31.9 Å². The molecule has 1 aromatic carbocycles. The van der Waals surface area contributed by atoms with Crippen LogP contribution in [0, 0.1) is 5.92 Å². The summed E-state index contributed by atoms with van der Waals surface area (Å²) in [5.41, 5.74) is 1.17. The van der Waals surface area contributed by atoms with E-state index in [0.717, 1.165) is 46.9 Å². The van der Waals surface area contributed by atoms with E-state index in [-0.39, 0.29) is 12.7 Å². The SMILES string of the molecule is CCc1cc2c(NCCc3ccc4c(c3)OCO4)nc(N3CCC(C(=O)O)CC3)nc2s1. The van der Waals surface area contributed by atoms with Crippen molar-refractivity contribution in [1.29, 1.82) is 0 Å². The zero-order valence-electron chi connectivity index (χ0n) is 18.0. The quantitative estimate of drug-likeness (QED) is 0.554. The van der Waals surface area contributed by atoms with Gasteiger partial charge in [-0.15, -0.1) is 11.3 Å². The molecule has 5 rings (SSSR count). The highest BCUT2D eigenvalue weighted by Crippen LogP contribution is 2.34. The number of thiophene rings is 1. The summed E-state index contributed by atoms with van der Waals surface area (Å²) in [6.07, 6.45) is 3.02. The first-order chi connectivity index (χ1) is 15.6. The van der Waals surface area contributed by atoms with Crippen LogP contribution in [0.4, 0.5) is 11.8 Å². The number of nitrogens with one attached hydrogen (secondary N) is 1. The zero-order valence-corrected chi connectivity index (χ0v) is 18.8. The van der Waals surface area contributed by atoms with Crippen LogP contribution in [-0.4, -0.2) is 47.5 Å². The van der Waals surface area contributed by atoms with Gasteiger partial charge in [-0.3, -0.25) is 4.79 Å². The van der Waals surface area contributed by atoms with Crippen LogP contribution in [-0.2, 0) is 17.6 Å². The van der Waals surface area contributed by atoms with Crippen LogP contribution >= 0.6 is 11.3 Å². The van der Waals surface area contributed by atoms with Crippen LogP contribution in [0.5, 0.6) is 11.5 Å². The first-order valence-corrected chi connectivity index (χ1v) is 11.8. The van der Waals surface area contributed by atoms with Crippen LogP contribution < -0.4 is 19.7 Å². The highest BCUT2D eigenvalue weighted by Gasteiger charge is 2.26. The number of carboxylic acids is 1. The highest BCUT2D eigenvalue weighted by atomic mass is 32.1. The molecule has 2 aliphatic heterocycles. The number of fused-ring (bicyclic) bond motifs is 2. The van der Waals surface area contributed by atoms with E-state index in [4.69, 9.17) is 19.4 Å². The Hall–Kier alpha value is -3.07. The van der Waals surface area contributed by atoms with Crippen molar-refractivity contribution < 1.29 is 19.4 Å². The molecule has 3 aromatic rings. The van der Waals surface area contributed by atoms with Gasteiger partial charge in [0.25, 0.3) is 0 Å². The van der Waals surface area contributed by atoms with Crippen LogP contribution in [0.25, 0.3) is 10.2 Å². The van der Waals surface area contributed by atoms with Gasteiger partial charge in [-0.2, -0.15) is 4.98 Å². The molecule has 4 heterocycles.